The molecule has 2 atom stereocenters. The number of hydrogen-bond donors (Lipinski definition) is 1. The summed E-state index contributed by atoms with van der Waals surface area (Å²) in [6.07, 6.45) is 3.45. The summed E-state index contributed by atoms with van der Waals surface area (Å²) in [5, 5.41) is 3.02. The highest BCUT2D eigenvalue weighted by Gasteiger charge is 2.35. The third-order valence-electron chi connectivity index (χ3n) is 4.66. The average molecular weight is 338 g/mol. The Morgan fingerprint density at radius 3 is 2.33 bits per heavy atom. The van der Waals surface area contributed by atoms with E-state index >= 15 is 0 Å². The molecule has 2 amide bonds. The van der Waals surface area contributed by atoms with E-state index in [0.717, 1.165) is 25.7 Å². The fourth-order valence-electron chi connectivity index (χ4n) is 3.39. The number of ether oxygens (including phenoxy) is 1. The van der Waals surface area contributed by atoms with Crippen molar-refractivity contribution < 1.29 is 18.3 Å². The molecule has 2 fully saturated rings. The van der Waals surface area contributed by atoms with E-state index in [1.807, 2.05) is 13.8 Å². The van der Waals surface area contributed by atoms with E-state index < -0.39 is 11.6 Å². The summed E-state index contributed by atoms with van der Waals surface area (Å²) in [4.78, 5) is 14.2. The number of amides is 2. The zero-order valence-corrected chi connectivity index (χ0v) is 14.1. The van der Waals surface area contributed by atoms with E-state index in [1.165, 1.54) is 18.2 Å². The van der Waals surface area contributed by atoms with E-state index in [2.05, 4.69) is 5.32 Å². The number of halogens is 2. The zero-order chi connectivity index (χ0) is 17.3. The minimum atomic E-state index is -0.609. The second-order valence-corrected chi connectivity index (χ2v) is 6.93. The van der Waals surface area contributed by atoms with Gasteiger partial charge in [0, 0.05) is 17.6 Å². The van der Waals surface area contributed by atoms with Crippen molar-refractivity contribution >= 4 is 6.03 Å². The number of hydrogen-bond acceptors (Lipinski definition) is 2. The van der Waals surface area contributed by atoms with Crippen LogP contribution in [0.5, 0.6) is 0 Å². The molecule has 1 aromatic rings. The van der Waals surface area contributed by atoms with Crippen LogP contribution in [0.4, 0.5) is 13.6 Å². The third kappa shape index (κ3) is 4.04. The van der Waals surface area contributed by atoms with Crippen molar-refractivity contribution in [2.24, 2.45) is 0 Å². The lowest BCUT2D eigenvalue weighted by Crippen LogP contribution is -2.49. The average Bonchev–Trinajstić information content (AvgIpc) is 3.30. The molecule has 1 aliphatic carbocycles. The lowest BCUT2D eigenvalue weighted by molar-refractivity contribution is -0.0407. The zero-order valence-electron chi connectivity index (χ0n) is 14.1. The number of benzene rings is 1. The van der Waals surface area contributed by atoms with E-state index in [4.69, 9.17) is 4.74 Å². The number of carbonyl (C=O) groups is 1. The van der Waals surface area contributed by atoms with Crippen LogP contribution in [0.2, 0.25) is 0 Å². The van der Waals surface area contributed by atoms with Crippen LogP contribution < -0.4 is 5.32 Å². The summed E-state index contributed by atoms with van der Waals surface area (Å²) in [6.45, 7) is 3.94. The Labute approximate surface area is 141 Å². The van der Waals surface area contributed by atoms with E-state index in [9.17, 15) is 13.6 Å². The summed E-state index contributed by atoms with van der Waals surface area (Å²) in [6, 6.07) is 3.64. The summed E-state index contributed by atoms with van der Waals surface area (Å²) in [5.41, 5.74) is -0.0479. The molecule has 0 radical (unpaired) electrons. The van der Waals surface area contributed by atoms with Crippen molar-refractivity contribution in [2.75, 3.05) is 0 Å². The highest BCUT2D eigenvalue weighted by Crippen LogP contribution is 2.30. The molecule has 1 aliphatic heterocycles. The first-order chi connectivity index (χ1) is 11.4. The molecule has 2 aliphatic rings. The number of nitrogens with one attached hydrogen (secondary N) is 1. The van der Waals surface area contributed by atoms with Gasteiger partial charge < -0.3 is 15.0 Å². The summed E-state index contributed by atoms with van der Waals surface area (Å²) in [5.74, 6) is -1.22. The van der Waals surface area contributed by atoms with Gasteiger partial charge in [0.15, 0.2) is 0 Å². The maximum atomic E-state index is 13.9. The first kappa shape index (κ1) is 17.1. The molecule has 132 valence electrons. The van der Waals surface area contributed by atoms with Crippen LogP contribution in [0.1, 0.15) is 45.1 Å². The van der Waals surface area contributed by atoms with Crippen LogP contribution >= 0.6 is 0 Å². The van der Waals surface area contributed by atoms with Crippen LogP contribution in [0, 0.1) is 11.6 Å². The van der Waals surface area contributed by atoms with Crippen molar-refractivity contribution in [3.63, 3.8) is 0 Å². The minimum absolute atomic E-state index is 0.0305. The van der Waals surface area contributed by atoms with Crippen LogP contribution in [0.3, 0.4) is 0 Å². The van der Waals surface area contributed by atoms with Crippen molar-refractivity contribution in [1.29, 1.82) is 0 Å². The van der Waals surface area contributed by atoms with Gasteiger partial charge in [-0.3, -0.25) is 0 Å². The first-order valence-electron chi connectivity index (χ1n) is 8.59. The molecule has 1 heterocycles. The first-order valence-corrected chi connectivity index (χ1v) is 8.59. The second-order valence-electron chi connectivity index (χ2n) is 6.93. The summed E-state index contributed by atoms with van der Waals surface area (Å²) < 4.78 is 33.5. The molecule has 4 nitrogen and oxygen atoms in total. The molecular formula is C18H24F2N2O2. The lowest BCUT2D eigenvalue weighted by atomic mass is 10.00. The van der Waals surface area contributed by atoms with Gasteiger partial charge in [0.1, 0.15) is 11.6 Å². The molecule has 1 saturated heterocycles. The minimum Gasteiger partial charge on any atom is -0.375 e. The van der Waals surface area contributed by atoms with Crippen LogP contribution in [0.15, 0.2) is 18.2 Å². The maximum absolute atomic E-state index is 13.9. The highest BCUT2D eigenvalue weighted by atomic mass is 19.1. The van der Waals surface area contributed by atoms with Gasteiger partial charge in [-0.05, 0) is 51.7 Å². The second kappa shape index (κ2) is 7.05. The SMILES string of the molecule is CC1CC(NC(=O)N(Cc2c(F)cccc2F)C2CC2)CC(C)O1. The summed E-state index contributed by atoms with van der Waals surface area (Å²) >= 11 is 0. The monoisotopic (exact) mass is 338 g/mol. The smallest absolute Gasteiger partial charge is 0.318 e. The third-order valence-corrected chi connectivity index (χ3v) is 4.66. The number of carbonyl (C=O) groups excluding carboxylic acids is 1. The molecular weight excluding hydrogens is 314 g/mol. The Bertz CT molecular complexity index is 576. The van der Waals surface area contributed by atoms with Crippen molar-refractivity contribution in [3.8, 4) is 0 Å². The quantitative estimate of drug-likeness (QED) is 0.911. The topological polar surface area (TPSA) is 41.6 Å². The Morgan fingerprint density at radius 1 is 1.21 bits per heavy atom. The van der Waals surface area contributed by atoms with E-state index in [-0.39, 0.29) is 42.4 Å². The molecule has 0 bridgehead atoms. The number of nitrogens with zero attached hydrogens (tertiary/aromatic N) is 1. The van der Waals surface area contributed by atoms with Crippen molar-refractivity contribution in [1.82, 2.24) is 10.2 Å². The molecule has 6 heteroatoms. The van der Waals surface area contributed by atoms with Gasteiger partial charge in [-0.2, -0.15) is 0 Å². The molecule has 2 unspecified atom stereocenters. The Balaban J connectivity index is 1.68. The van der Waals surface area contributed by atoms with Gasteiger partial charge in [-0.15, -0.1) is 0 Å². The number of rotatable bonds is 4. The van der Waals surface area contributed by atoms with Gasteiger partial charge in [0.25, 0.3) is 0 Å². The van der Waals surface area contributed by atoms with Crippen LogP contribution in [-0.4, -0.2) is 35.2 Å². The summed E-state index contributed by atoms with van der Waals surface area (Å²) in [7, 11) is 0. The predicted octanol–water partition coefficient (Wildman–Crippen LogP) is 3.59. The number of urea groups is 1. The fourth-order valence-corrected chi connectivity index (χ4v) is 3.39. The Kier molecular flexibility index (Phi) is 5.04. The molecule has 1 N–H and O–H groups in total. The van der Waals surface area contributed by atoms with Gasteiger partial charge in [-0.25, -0.2) is 13.6 Å². The van der Waals surface area contributed by atoms with Crippen molar-refractivity contribution in [3.05, 3.63) is 35.4 Å². The van der Waals surface area contributed by atoms with Gasteiger partial charge in [0.2, 0.25) is 0 Å². The molecule has 1 saturated carbocycles. The Morgan fingerprint density at radius 2 is 1.79 bits per heavy atom. The highest BCUT2D eigenvalue weighted by molar-refractivity contribution is 5.75. The lowest BCUT2D eigenvalue weighted by Gasteiger charge is -2.34. The molecule has 0 spiro atoms. The van der Waals surface area contributed by atoms with Crippen LogP contribution in [-0.2, 0) is 11.3 Å². The van der Waals surface area contributed by atoms with E-state index in [1.54, 1.807) is 4.90 Å². The molecule has 3 rings (SSSR count). The Hall–Kier alpha value is -1.69. The normalized spacial score (nSPS) is 26.9. The largest absolute Gasteiger partial charge is 0.375 e. The van der Waals surface area contributed by atoms with Gasteiger partial charge >= 0.3 is 6.03 Å². The fraction of sp³-hybridized carbons (Fsp3) is 0.611. The van der Waals surface area contributed by atoms with Gasteiger partial charge in [0.05, 0.1) is 18.8 Å². The van der Waals surface area contributed by atoms with Crippen molar-refractivity contribution in [2.45, 2.75) is 70.4 Å². The van der Waals surface area contributed by atoms with E-state index in [0.29, 0.717) is 0 Å². The predicted molar refractivity (Wildman–Crippen MR) is 86.5 cm³/mol. The standard InChI is InChI=1S/C18H24F2N2O2/c1-11-8-13(9-12(2)24-11)21-18(23)22(14-6-7-14)10-15-16(19)4-3-5-17(15)20/h3-5,11-14H,6-10H2,1-2H3,(H,21,23). The molecule has 1 aromatic carbocycles. The maximum Gasteiger partial charge on any atom is 0.318 e. The molecule has 0 aromatic heterocycles. The molecule has 24 heavy (non-hydrogen) atoms. The van der Waals surface area contributed by atoms with Crippen LogP contribution in [0.25, 0.3) is 0 Å². The van der Waals surface area contributed by atoms with Gasteiger partial charge in [-0.1, -0.05) is 6.07 Å².